The van der Waals surface area contributed by atoms with Crippen LogP contribution in [0.3, 0.4) is 0 Å². The van der Waals surface area contributed by atoms with E-state index in [1.165, 1.54) is 16.4 Å². The molecule has 0 bridgehead atoms. The molecule has 1 aliphatic rings. The van der Waals surface area contributed by atoms with Crippen molar-refractivity contribution < 1.29 is 12.9 Å². The zero-order chi connectivity index (χ0) is 17.3. The molecule has 1 aromatic heterocycles. The molecule has 2 aromatic rings. The number of halogens is 2. The molecule has 0 amide bonds. The summed E-state index contributed by atoms with van der Waals surface area (Å²) in [6.07, 6.45) is 0. The van der Waals surface area contributed by atoms with Crippen molar-refractivity contribution in [1.82, 2.24) is 19.3 Å². The molecule has 0 saturated carbocycles. The molecule has 7 nitrogen and oxygen atoms in total. The molecule has 0 radical (unpaired) electrons. The second-order valence-corrected chi connectivity index (χ2v) is 8.23. The lowest BCUT2D eigenvalue weighted by molar-refractivity contribution is 0.176. The summed E-state index contributed by atoms with van der Waals surface area (Å²) >= 11 is 11.9. The van der Waals surface area contributed by atoms with E-state index in [4.69, 9.17) is 27.7 Å². The summed E-state index contributed by atoms with van der Waals surface area (Å²) in [7, 11) is -3.67. The highest BCUT2D eigenvalue weighted by Gasteiger charge is 2.30. The quantitative estimate of drug-likeness (QED) is 0.795. The largest absolute Gasteiger partial charge is 0.340 e. The molecule has 1 saturated heterocycles. The van der Waals surface area contributed by atoms with Crippen molar-refractivity contribution in [3.05, 3.63) is 40.0 Å². The SMILES string of the molecule is Cc1nc(CN2CCN(S(=O)(=O)c3cc(Cl)ccc3Cl)CC2)no1. The second kappa shape index (κ2) is 6.97. The summed E-state index contributed by atoms with van der Waals surface area (Å²) < 4.78 is 31.9. The average Bonchev–Trinajstić information content (AvgIpc) is 2.95. The lowest BCUT2D eigenvalue weighted by Gasteiger charge is -2.33. The minimum absolute atomic E-state index is 0.0407. The van der Waals surface area contributed by atoms with Gasteiger partial charge in [0, 0.05) is 38.1 Å². The van der Waals surface area contributed by atoms with Crippen LogP contribution in [0.5, 0.6) is 0 Å². The molecular weight excluding hydrogens is 375 g/mol. The molecule has 130 valence electrons. The lowest BCUT2D eigenvalue weighted by Crippen LogP contribution is -2.48. The van der Waals surface area contributed by atoms with Crippen LogP contribution in [0.15, 0.2) is 27.6 Å². The van der Waals surface area contributed by atoms with Crippen LogP contribution in [0.2, 0.25) is 10.0 Å². The molecular formula is C14H16Cl2N4O3S. The Labute approximate surface area is 150 Å². The Hall–Kier alpha value is -1.19. The number of sulfonamides is 1. The molecule has 1 aromatic carbocycles. The Kier molecular flexibility index (Phi) is 5.12. The first-order chi connectivity index (χ1) is 11.4. The van der Waals surface area contributed by atoms with Crippen LogP contribution in [0.25, 0.3) is 0 Å². The summed E-state index contributed by atoms with van der Waals surface area (Å²) in [6.45, 7) is 4.14. The first-order valence-electron chi connectivity index (χ1n) is 7.33. The zero-order valence-electron chi connectivity index (χ0n) is 12.9. The van der Waals surface area contributed by atoms with Crippen molar-refractivity contribution in [2.24, 2.45) is 0 Å². The molecule has 1 fully saturated rings. The van der Waals surface area contributed by atoms with Gasteiger partial charge < -0.3 is 4.52 Å². The van der Waals surface area contributed by atoms with Gasteiger partial charge in [-0.15, -0.1) is 0 Å². The lowest BCUT2D eigenvalue weighted by atomic mass is 10.3. The van der Waals surface area contributed by atoms with Gasteiger partial charge in [-0.25, -0.2) is 8.42 Å². The molecule has 10 heteroatoms. The molecule has 0 N–H and O–H groups in total. The number of aryl methyl sites for hydroxylation is 1. The molecule has 0 atom stereocenters. The van der Waals surface area contributed by atoms with Gasteiger partial charge in [0.2, 0.25) is 15.9 Å². The normalized spacial score (nSPS) is 17.3. The van der Waals surface area contributed by atoms with Crippen molar-refractivity contribution in [2.75, 3.05) is 26.2 Å². The van der Waals surface area contributed by atoms with Crippen LogP contribution in [0, 0.1) is 6.92 Å². The van der Waals surface area contributed by atoms with Crippen LogP contribution >= 0.6 is 23.2 Å². The van der Waals surface area contributed by atoms with Crippen LogP contribution < -0.4 is 0 Å². The molecule has 1 aliphatic heterocycles. The third-order valence-corrected chi connectivity index (χ3v) is 6.39. The standard InChI is InChI=1S/C14H16Cl2N4O3S/c1-10-17-14(18-23-10)9-19-4-6-20(7-5-19)24(21,22)13-8-11(15)2-3-12(13)16/h2-3,8H,4-7,9H2,1H3. The maximum absolute atomic E-state index is 12.8. The van der Waals surface area contributed by atoms with Gasteiger partial charge in [0.25, 0.3) is 0 Å². The van der Waals surface area contributed by atoms with Crippen molar-refractivity contribution in [1.29, 1.82) is 0 Å². The Bertz CT molecular complexity index is 832. The van der Waals surface area contributed by atoms with Gasteiger partial charge in [-0.05, 0) is 18.2 Å². The monoisotopic (exact) mass is 390 g/mol. The van der Waals surface area contributed by atoms with Gasteiger partial charge in [-0.1, -0.05) is 28.4 Å². The number of piperazine rings is 1. The number of rotatable bonds is 4. The fourth-order valence-electron chi connectivity index (χ4n) is 2.55. The maximum Gasteiger partial charge on any atom is 0.244 e. The third-order valence-electron chi connectivity index (χ3n) is 3.78. The van der Waals surface area contributed by atoms with E-state index in [2.05, 4.69) is 15.0 Å². The number of benzene rings is 1. The minimum Gasteiger partial charge on any atom is -0.340 e. The van der Waals surface area contributed by atoms with Crippen molar-refractivity contribution in [3.63, 3.8) is 0 Å². The van der Waals surface area contributed by atoms with E-state index in [1.807, 2.05) is 0 Å². The Balaban J connectivity index is 1.68. The summed E-state index contributed by atoms with van der Waals surface area (Å²) in [4.78, 5) is 6.28. The van der Waals surface area contributed by atoms with Crippen molar-refractivity contribution in [2.45, 2.75) is 18.4 Å². The van der Waals surface area contributed by atoms with Crippen LogP contribution in [0.1, 0.15) is 11.7 Å². The van der Waals surface area contributed by atoms with Crippen LogP contribution in [-0.4, -0.2) is 53.9 Å². The Morgan fingerprint density at radius 1 is 1.21 bits per heavy atom. The Morgan fingerprint density at radius 2 is 1.92 bits per heavy atom. The third kappa shape index (κ3) is 3.73. The van der Waals surface area contributed by atoms with E-state index in [9.17, 15) is 8.42 Å². The molecule has 0 spiro atoms. The highest BCUT2D eigenvalue weighted by Crippen LogP contribution is 2.28. The highest BCUT2D eigenvalue weighted by atomic mass is 35.5. The van der Waals surface area contributed by atoms with E-state index in [0.29, 0.717) is 49.5 Å². The smallest absolute Gasteiger partial charge is 0.244 e. The second-order valence-electron chi connectivity index (χ2n) is 5.48. The van der Waals surface area contributed by atoms with E-state index in [1.54, 1.807) is 13.0 Å². The van der Waals surface area contributed by atoms with E-state index < -0.39 is 10.0 Å². The summed E-state index contributed by atoms with van der Waals surface area (Å²) in [5, 5.41) is 4.36. The highest BCUT2D eigenvalue weighted by molar-refractivity contribution is 7.89. The van der Waals surface area contributed by atoms with E-state index >= 15 is 0 Å². The van der Waals surface area contributed by atoms with Gasteiger partial charge >= 0.3 is 0 Å². The molecule has 2 heterocycles. The Morgan fingerprint density at radius 3 is 2.54 bits per heavy atom. The van der Waals surface area contributed by atoms with Gasteiger partial charge in [0.15, 0.2) is 5.82 Å². The van der Waals surface area contributed by atoms with Crippen molar-refractivity contribution in [3.8, 4) is 0 Å². The summed E-state index contributed by atoms with van der Waals surface area (Å²) in [5.74, 6) is 1.11. The van der Waals surface area contributed by atoms with Crippen LogP contribution in [-0.2, 0) is 16.6 Å². The average molecular weight is 391 g/mol. The van der Waals surface area contributed by atoms with Gasteiger partial charge in [0.1, 0.15) is 4.90 Å². The molecule has 24 heavy (non-hydrogen) atoms. The van der Waals surface area contributed by atoms with Gasteiger partial charge in [-0.3, -0.25) is 4.90 Å². The maximum atomic E-state index is 12.8. The fourth-order valence-corrected chi connectivity index (χ4v) is 4.71. The fraction of sp³-hybridized carbons (Fsp3) is 0.429. The molecule has 3 rings (SSSR count). The molecule has 0 aliphatic carbocycles. The van der Waals surface area contributed by atoms with E-state index in [-0.39, 0.29) is 9.92 Å². The molecule has 0 unspecified atom stereocenters. The number of nitrogens with zero attached hydrogens (tertiary/aromatic N) is 4. The topological polar surface area (TPSA) is 79.5 Å². The van der Waals surface area contributed by atoms with Crippen molar-refractivity contribution >= 4 is 33.2 Å². The minimum atomic E-state index is -3.67. The predicted octanol–water partition coefficient (Wildman–Crippen LogP) is 2.19. The number of hydrogen-bond donors (Lipinski definition) is 0. The summed E-state index contributed by atoms with van der Waals surface area (Å²) in [5.41, 5.74) is 0. The van der Waals surface area contributed by atoms with Gasteiger partial charge in [-0.2, -0.15) is 9.29 Å². The summed E-state index contributed by atoms with van der Waals surface area (Å²) in [6, 6.07) is 4.44. The van der Waals surface area contributed by atoms with Gasteiger partial charge in [0.05, 0.1) is 11.6 Å². The first-order valence-corrected chi connectivity index (χ1v) is 9.52. The van der Waals surface area contributed by atoms with Crippen LogP contribution in [0.4, 0.5) is 0 Å². The number of hydrogen-bond acceptors (Lipinski definition) is 6. The predicted molar refractivity (Wildman–Crippen MR) is 89.5 cm³/mol. The first kappa shape index (κ1) is 17.6. The zero-order valence-corrected chi connectivity index (χ0v) is 15.3. The number of aromatic nitrogens is 2. The van der Waals surface area contributed by atoms with E-state index in [0.717, 1.165) is 0 Å².